The van der Waals surface area contributed by atoms with Crippen molar-refractivity contribution in [3.8, 4) is 5.75 Å². The molecule has 1 amide bonds. The molecule has 0 saturated carbocycles. The van der Waals surface area contributed by atoms with E-state index in [9.17, 15) is 4.79 Å². The zero-order valence-electron chi connectivity index (χ0n) is 12.2. The Bertz CT molecular complexity index is 500. The summed E-state index contributed by atoms with van der Waals surface area (Å²) in [6, 6.07) is 3.72. The van der Waals surface area contributed by atoms with Crippen LogP contribution in [0.5, 0.6) is 5.75 Å². The van der Waals surface area contributed by atoms with Crippen LogP contribution in [0.3, 0.4) is 0 Å². The summed E-state index contributed by atoms with van der Waals surface area (Å²) in [6.07, 6.45) is 10.5. The normalized spacial score (nSPS) is 19.3. The molecule has 1 atom stereocenters. The van der Waals surface area contributed by atoms with Crippen molar-refractivity contribution < 1.29 is 9.53 Å². The van der Waals surface area contributed by atoms with Crippen molar-refractivity contribution in [1.29, 1.82) is 0 Å². The van der Waals surface area contributed by atoms with Gasteiger partial charge in [0, 0.05) is 31.9 Å². The predicted octanol–water partition coefficient (Wildman–Crippen LogP) is 1.39. The quantitative estimate of drug-likeness (QED) is 0.657. The molecular formula is C16H21N3O2. The first-order valence-corrected chi connectivity index (χ1v) is 7.15. The van der Waals surface area contributed by atoms with Crippen LogP contribution in [0.25, 0.3) is 0 Å². The monoisotopic (exact) mass is 287 g/mol. The number of nitrogens with one attached hydrogen (secondary N) is 1. The Hall–Kier alpha value is -2.14. The molecule has 21 heavy (non-hydrogen) atoms. The standard InChI is InChI=1S/C16H21N3O2/c1-2-3-4-7-16(20)19-10-9-18-11-14(19)13-21-15-6-5-8-17-12-15/h2-8,12,14,18H,9-11,13H2,1H3. The van der Waals surface area contributed by atoms with Crippen molar-refractivity contribution >= 4 is 5.91 Å². The third kappa shape index (κ3) is 4.72. The van der Waals surface area contributed by atoms with Crippen LogP contribution >= 0.6 is 0 Å². The summed E-state index contributed by atoms with van der Waals surface area (Å²) >= 11 is 0. The van der Waals surface area contributed by atoms with Crippen molar-refractivity contribution in [2.75, 3.05) is 26.2 Å². The molecular weight excluding hydrogens is 266 g/mol. The van der Waals surface area contributed by atoms with Crippen LogP contribution in [-0.4, -0.2) is 48.1 Å². The summed E-state index contributed by atoms with van der Waals surface area (Å²) in [4.78, 5) is 18.1. The van der Waals surface area contributed by atoms with E-state index < -0.39 is 0 Å². The first kappa shape index (κ1) is 15.3. The van der Waals surface area contributed by atoms with Crippen LogP contribution in [0.1, 0.15) is 6.92 Å². The number of amides is 1. The molecule has 112 valence electrons. The zero-order valence-corrected chi connectivity index (χ0v) is 12.2. The number of carbonyl (C=O) groups is 1. The fraction of sp³-hybridized carbons (Fsp3) is 0.375. The number of pyridine rings is 1. The lowest BCUT2D eigenvalue weighted by Crippen LogP contribution is -2.55. The average Bonchev–Trinajstić information content (AvgIpc) is 2.54. The van der Waals surface area contributed by atoms with E-state index in [4.69, 9.17) is 4.74 Å². The zero-order chi connectivity index (χ0) is 14.9. The fourth-order valence-corrected chi connectivity index (χ4v) is 2.17. The third-order valence-electron chi connectivity index (χ3n) is 3.25. The number of hydrogen-bond donors (Lipinski definition) is 1. The Balaban J connectivity index is 1.93. The first-order chi connectivity index (χ1) is 10.3. The van der Waals surface area contributed by atoms with E-state index in [1.54, 1.807) is 24.5 Å². The number of carbonyl (C=O) groups excluding carboxylic acids is 1. The van der Waals surface area contributed by atoms with Gasteiger partial charge in [0.05, 0.1) is 12.2 Å². The highest BCUT2D eigenvalue weighted by molar-refractivity contribution is 5.88. The summed E-state index contributed by atoms with van der Waals surface area (Å²) < 4.78 is 5.72. The van der Waals surface area contributed by atoms with Gasteiger partial charge in [-0.2, -0.15) is 0 Å². The second-order valence-corrected chi connectivity index (χ2v) is 4.77. The van der Waals surface area contributed by atoms with Gasteiger partial charge in [-0.25, -0.2) is 0 Å². The van der Waals surface area contributed by atoms with Gasteiger partial charge in [0.25, 0.3) is 0 Å². The van der Waals surface area contributed by atoms with E-state index in [1.807, 2.05) is 36.1 Å². The van der Waals surface area contributed by atoms with Crippen LogP contribution in [-0.2, 0) is 4.79 Å². The Morgan fingerprint density at radius 3 is 3.24 bits per heavy atom. The smallest absolute Gasteiger partial charge is 0.247 e. The number of ether oxygens (including phenoxy) is 1. The van der Waals surface area contributed by atoms with Gasteiger partial charge in [-0.1, -0.05) is 18.2 Å². The number of allylic oxidation sites excluding steroid dienone is 3. The van der Waals surface area contributed by atoms with Gasteiger partial charge in [-0.15, -0.1) is 0 Å². The van der Waals surface area contributed by atoms with Gasteiger partial charge < -0.3 is 15.0 Å². The molecule has 1 N–H and O–H groups in total. The molecule has 2 rings (SSSR count). The molecule has 1 aliphatic heterocycles. The molecule has 1 aromatic rings. The molecule has 0 aromatic carbocycles. The minimum absolute atomic E-state index is 0.0226. The molecule has 1 aromatic heterocycles. The highest BCUT2D eigenvalue weighted by Crippen LogP contribution is 2.10. The van der Waals surface area contributed by atoms with E-state index in [2.05, 4.69) is 10.3 Å². The van der Waals surface area contributed by atoms with Gasteiger partial charge in [-0.3, -0.25) is 9.78 Å². The summed E-state index contributed by atoms with van der Waals surface area (Å²) in [5.41, 5.74) is 0. The van der Waals surface area contributed by atoms with Gasteiger partial charge in [-0.05, 0) is 19.1 Å². The molecule has 0 radical (unpaired) electrons. The van der Waals surface area contributed by atoms with Crippen LogP contribution < -0.4 is 10.1 Å². The number of aromatic nitrogens is 1. The van der Waals surface area contributed by atoms with Crippen LogP contribution in [0.2, 0.25) is 0 Å². The molecule has 0 bridgehead atoms. The Kier molecular flexibility index (Phi) is 5.97. The van der Waals surface area contributed by atoms with Gasteiger partial charge in [0.1, 0.15) is 12.4 Å². The maximum atomic E-state index is 12.2. The molecule has 1 aliphatic rings. The molecule has 5 heteroatoms. The molecule has 1 saturated heterocycles. The van der Waals surface area contributed by atoms with Crippen LogP contribution in [0.15, 0.2) is 48.8 Å². The van der Waals surface area contributed by atoms with Gasteiger partial charge in [0.15, 0.2) is 0 Å². The fourth-order valence-electron chi connectivity index (χ4n) is 2.17. The Morgan fingerprint density at radius 1 is 1.57 bits per heavy atom. The van der Waals surface area contributed by atoms with Gasteiger partial charge in [0.2, 0.25) is 5.91 Å². The molecule has 1 unspecified atom stereocenters. The van der Waals surface area contributed by atoms with E-state index in [0.717, 1.165) is 18.8 Å². The highest BCUT2D eigenvalue weighted by Gasteiger charge is 2.25. The van der Waals surface area contributed by atoms with Crippen molar-refractivity contribution in [3.63, 3.8) is 0 Å². The average molecular weight is 287 g/mol. The maximum Gasteiger partial charge on any atom is 0.247 e. The van der Waals surface area contributed by atoms with Crippen LogP contribution in [0, 0.1) is 0 Å². The first-order valence-electron chi connectivity index (χ1n) is 7.15. The second kappa shape index (κ2) is 8.21. The van der Waals surface area contributed by atoms with Crippen molar-refractivity contribution in [2.24, 2.45) is 0 Å². The topological polar surface area (TPSA) is 54.5 Å². The summed E-state index contributed by atoms with van der Waals surface area (Å²) in [7, 11) is 0. The third-order valence-corrected chi connectivity index (χ3v) is 3.25. The lowest BCUT2D eigenvalue weighted by Gasteiger charge is -2.35. The lowest BCUT2D eigenvalue weighted by atomic mass is 10.2. The number of nitrogens with zero attached hydrogens (tertiary/aromatic N) is 2. The minimum Gasteiger partial charge on any atom is -0.490 e. The van der Waals surface area contributed by atoms with Gasteiger partial charge >= 0.3 is 0 Å². The van der Waals surface area contributed by atoms with Crippen molar-refractivity contribution in [3.05, 3.63) is 48.8 Å². The summed E-state index contributed by atoms with van der Waals surface area (Å²) in [5.74, 6) is 0.745. The molecule has 1 fully saturated rings. The molecule has 5 nitrogen and oxygen atoms in total. The summed E-state index contributed by atoms with van der Waals surface area (Å²) in [5, 5.41) is 3.30. The van der Waals surface area contributed by atoms with E-state index in [-0.39, 0.29) is 11.9 Å². The summed E-state index contributed by atoms with van der Waals surface area (Å²) in [6.45, 7) is 4.63. The van der Waals surface area contributed by atoms with Crippen LogP contribution in [0.4, 0.5) is 0 Å². The number of rotatable bonds is 5. The van der Waals surface area contributed by atoms with Crippen molar-refractivity contribution in [2.45, 2.75) is 13.0 Å². The largest absolute Gasteiger partial charge is 0.490 e. The maximum absolute atomic E-state index is 12.2. The second-order valence-electron chi connectivity index (χ2n) is 4.77. The molecule has 2 heterocycles. The molecule has 0 spiro atoms. The number of piperazine rings is 1. The SMILES string of the molecule is CC=CC=CC(=O)N1CCNCC1COc1cccnc1. The van der Waals surface area contributed by atoms with Crippen molar-refractivity contribution in [1.82, 2.24) is 15.2 Å². The lowest BCUT2D eigenvalue weighted by molar-refractivity contribution is -0.129. The predicted molar refractivity (Wildman–Crippen MR) is 82.1 cm³/mol. The Labute approximate surface area is 125 Å². The van der Waals surface area contributed by atoms with E-state index in [0.29, 0.717) is 13.2 Å². The number of hydrogen-bond acceptors (Lipinski definition) is 4. The van der Waals surface area contributed by atoms with E-state index in [1.165, 1.54) is 0 Å². The Morgan fingerprint density at radius 2 is 2.48 bits per heavy atom. The van der Waals surface area contributed by atoms with E-state index >= 15 is 0 Å². The minimum atomic E-state index is 0.0226. The highest BCUT2D eigenvalue weighted by atomic mass is 16.5. The molecule has 0 aliphatic carbocycles.